The van der Waals surface area contributed by atoms with Crippen LogP contribution in [-0.2, 0) is 0 Å². The smallest absolute Gasteiger partial charge is 0.346 e. The molecule has 2 heterocycles. The summed E-state index contributed by atoms with van der Waals surface area (Å²) >= 11 is 1.11. The maximum Gasteiger partial charge on any atom is 0.346 e. The van der Waals surface area contributed by atoms with Gasteiger partial charge in [0.25, 0.3) is 0 Å². The number of carbonyl (C=O) groups is 2. The summed E-state index contributed by atoms with van der Waals surface area (Å²) in [7, 11) is 0. The monoisotopic (exact) mass is 282 g/mol. The van der Waals surface area contributed by atoms with Crippen molar-refractivity contribution in [3.05, 3.63) is 16.5 Å². The average molecular weight is 282 g/mol. The second-order valence-electron chi connectivity index (χ2n) is 4.76. The number of carboxylic acids is 1. The van der Waals surface area contributed by atoms with Gasteiger partial charge in [0, 0.05) is 13.1 Å². The van der Waals surface area contributed by atoms with Crippen LogP contribution in [0.1, 0.15) is 40.9 Å². The normalized spacial score (nSPS) is 15.9. The van der Waals surface area contributed by atoms with Crippen molar-refractivity contribution in [3.63, 3.8) is 0 Å². The van der Waals surface area contributed by atoms with Gasteiger partial charge in [-0.1, -0.05) is 12.8 Å². The molecule has 0 spiro atoms. The van der Waals surface area contributed by atoms with Crippen LogP contribution < -0.4 is 5.32 Å². The fourth-order valence-corrected chi connectivity index (χ4v) is 3.12. The lowest BCUT2D eigenvalue weighted by atomic mass is 10.2. The Balaban J connectivity index is 2.01. The summed E-state index contributed by atoms with van der Waals surface area (Å²) < 4.78 is 0. The van der Waals surface area contributed by atoms with E-state index in [1.165, 1.54) is 12.8 Å². The number of nitrogens with one attached hydrogen (secondary N) is 1. The van der Waals surface area contributed by atoms with Gasteiger partial charge in [-0.3, -0.25) is 5.32 Å². The molecule has 1 saturated heterocycles. The third kappa shape index (κ3) is 3.47. The van der Waals surface area contributed by atoms with Gasteiger partial charge in [0.2, 0.25) is 0 Å². The Bertz CT molecular complexity index is 476. The SMILES string of the molecule is Cc1cc(NC(=O)N2CCCCCC2)sc1C(=O)O. The zero-order valence-electron chi connectivity index (χ0n) is 10.9. The van der Waals surface area contributed by atoms with E-state index in [1.807, 2.05) is 4.90 Å². The zero-order chi connectivity index (χ0) is 13.8. The Morgan fingerprint density at radius 3 is 2.42 bits per heavy atom. The molecular formula is C13H18N2O3S. The van der Waals surface area contributed by atoms with E-state index < -0.39 is 5.97 Å². The molecule has 6 heteroatoms. The molecule has 104 valence electrons. The number of aromatic carboxylic acids is 1. The summed E-state index contributed by atoms with van der Waals surface area (Å²) in [6.45, 7) is 3.30. The number of amides is 2. The van der Waals surface area contributed by atoms with Gasteiger partial charge < -0.3 is 10.0 Å². The summed E-state index contributed by atoms with van der Waals surface area (Å²) in [6, 6.07) is 1.59. The molecule has 0 unspecified atom stereocenters. The predicted molar refractivity (Wildman–Crippen MR) is 75.1 cm³/mol. The van der Waals surface area contributed by atoms with Gasteiger partial charge >= 0.3 is 12.0 Å². The molecular weight excluding hydrogens is 264 g/mol. The Kier molecular flexibility index (Phi) is 4.42. The van der Waals surface area contributed by atoms with Crippen molar-refractivity contribution in [1.82, 2.24) is 4.90 Å². The van der Waals surface area contributed by atoms with E-state index in [4.69, 9.17) is 5.11 Å². The van der Waals surface area contributed by atoms with Gasteiger partial charge in [0.15, 0.2) is 0 Å². The molecule has 5 nitrogen and oxygen atoms in total. The Morgan fingerprint density at radius 1 is 1.26 bits per heavy atom. The second kappa shape index (κ2) is 6.06. The van der Waals surface area contributed by atoms with Gasteiger partial charge in [0.05, 0.1) is 5.00 Å². The highest BCUT2D eigenvalue weighted by Gasteiger charge is 2.18. The average Bonchev–Trinajstić information content (AvgIpc) is 2.58. The molecule has 0 atom stereocenters. The van der Waals surface area contributed by atoms with Crippen molar-refractivity contribution in [2.45, 2.75) is 32.6 Å². The molecule has 2 rings (SSSR count). The number of rotatable bonds is 2. The molecule has 0 aromatic carbocycles. The van der Waals surface area contributed by atoms with E-state index in [0.717, 1.165) is 37.3 Å². The van der Waals surface area contributed by atoms with Gasteiger partial charge in [-0.2, -0.15) is 0 Å². The van der Waals surface area contributed by atoms with E-state index in [9.17, 15) is 9.59 Å². The molecule has 1 fully saturated rings. The molecule has 2 amide bonds. The zero-order valence-corrected chi connectivity index (χ0v) is 11.8. The number of hydrogen-bond acceptors (Lipinski definition) is 3. The van der Waals surface area contributed by atoms with E-state index in [2.05, 4.69) is 5.32 Å². The Labute approximate surface area is 116 Å². The minimum Gasteiger partial charge on any atom is -0.477 e. The highest BCUT2D eigenvalue weighted by molar-refractivity contribution is 7.18. The lowest BCUT2D eigenvalue weighted by molar-refractivity contribution is 0.0701. The molecule has 0 bridgehead atoms. The minimum absolute atomic E-state index is 0.125. The van der Waals surface area contributed by atoms with Gasteiger partial charge in [0.1, 0.15) is 4.88 Å². The minimum atomic E-state index is -0.947. The van der Waals surface area contributed by atoms with Crippen LogP contribution >= 0.6 is 11.3 Å². The number of aryl methyl sites for hydroxylation is 1. The lowest BCUT2D eigenvalue weighted by Crippen LogP contribution is -2.35. The number of carboxylic acid groups (broad SMARTS) is 1. The first kappa shape index (κ1) is 13.9. The second-order valence-corrected chi connectivity index (χ2v) is 5.81. The third-order valence-electron chi connectivity index (χ3n) is 3.24. The number of carbonyl (C=O) groups excluding carboxylic acids is 1. The highest BCUT2D eigenvalue weighted by atomic mass is 32.1. The number of nitrogens with zero attached hydrogens (tertiary/aromatic N) is 1. The summed E-state index contributed by atoms with van der Waals surface area (Å²) in [5.74, 6) is -0.947. The molecule has 0 aliphatic carbocycles. The Morgan fingerprint density at radius 2 is 1.89 bits per heavy atom. The maximum absolute atomic E-state index is 12.1. The van der Waals surface area contributed by atoms with Crippen LogP contribution in [0.15, 0.2) is 6.07 Å². The summed E-state index contributed by atoms with van der Waals surface area (Å²) in [4.78, 5) is 25.1. The first-order valence-corrected chi connectivity index (χ1v) is 7.29. The molecule has 0 radical (unpaired) electrons. The summed E-state index contributed by atoms with van der Waals surface area (Å²) in [5.41, 5.74) is 0.684. The third-order valence-corrected chi connectivity index (χ3v) is 4.38. The number of urea groups is 1. The summed E-state index contributed by atoms with van der Waals surface area (Å²) in [5, 5.41) is 12.4. The quantitative estimate of drug-likeness (QED) is 0.875. The molecule has 1 aliphatic heterocycles. The Hall–Kier alpha value is -1.56. The van der Waals surface area contributed by atoms with Crippen molar-refractivity contribution >= 4 is 28.3 Å². The van der Waals surface area contributed by atoms with Crippen LogP contribution in [0.2, 0.25) is 0 Å². The van der Waals surface area contributed by atoms with Crippen molar-refractivity contribution in [1.29, 1.82) is 0 Å². The van der Waals surface area contributed by atoms with E-state index >= 15 is 0 Å². The van der Waals surface area contributed by atoms with Crippen LogP contribution in [0.5, 0.6) is 0 Å². The summed E-state index contributed by atoms with van der Waals surface area (Å²) in [6.07, 6.45) is 4.42. The number of anilines is 1. The molecule has 1 aromatic rings. The maximum atomic E-state index is 12.1. The number of thiophene rings is 1. The van der Waals surface area contributed by atoms with Crippen LogP contribution in [-0.4, -0.2) is 35.1 Å². The van der Waals surface area contributed by atoms with Crippen molar-refractivity contribution in [2.24, 2.45) is 0 Å². The number of hydrogen-bond donors (Lipinski definition) is 2. The van der Waals surface area contributed by atoms with Gasteiger partial charge in [-0.25, -0.2) is 9.59 Å². The van der Waals surface area contributed by atoms with Crippen LogP contribution in [0.3, 0.4) is 0 Å². The number of likely N-dealkylation sites (tertiary alicyclic amines) is 1. The molecule has 2 N–H and O–H groups in total. The molecule has 19 heavy (non-hydrogen) atoms. The molecule has 1 aliphatic rings. The lowest BCUT2D eigenvalue weighted by Gasteiger charge is -2.20. The molecule has 0 saturated carbocycles. The van der Waals surface area contributed by atoms with Crippen molar-refractivity contribution in [2.75, 3.05) is 18.4 Å². The first-order chi connectivity index (χ1) is 9.08. The first-order valence-electron chi connectivity index (χ1n) is 6.47. The van der Waals surface area contributed by atoms with Crippen LogP contribution in [0.25, 0.3) is 0 Å². The highest BCUT2D eigenvalue weighted by Crippen LogP contribution is 2.27. The fraction of sp³-hybridized carbons (Fsp3) is 0.538. The van der Waals surface area contributed by atoms with Gasteiger partial charge in [-0.05, 0) is 31.4 Å². The van der Waals surface area contributed by atoms with E-state index in [1.54, 1.807) is 13.0 Å². The van der Waals surface area contributed by atoms with Gasteiger partial charge in [-0.15, -0.1) is 11.3 Å². The van der Waals surface area contributed by atoms with Crippen molar-refractivity contribution in [3.8, 4) is 0 Å². The van der Waals surface area contributed by atoms with Crippen LogP contribution in [0.4, 0.5) is 9.80 Å². The van der Waals surface area contributed by atoms with E-state index in [-0.39, 0.29) is 10.9 Å². The standard InChI is InChI=1S/C13H18N2O3S/c1-9-8-10(19-11(9)12(16)17)14-13(18)15-6-4-2-3-5-7-15/h8H,2-7H2,1H3,(H,14,18)(H,16,17). The topological polar surface area (TPSA) is 69.6 Å². The molecule has 1 aromatic heterocycles. The predicted octanol–water partition coefficient (Wildman–Crippen LogP) is 3.16. The van der Waals surface area contributed by atoms with Crippen LogP contribution in [0, 0.1) is 6.92 Å². The van der Waals surface area contributed by atoms with Crippen molar-refractivity contribution < 1.29 is 14.7 Å². The largest absolute Gasteiger partial charge is 0.477 e. The fourth-order valence-electron chi connectivity index (χ4n) is 2.21. The van der Waals surface area contributed by atoms with E-state index in [0.29, 0.717) is 10.6 Å².